The third-order valence-corrected chi connectivity index (χ3v) is 14.6. The van der Waals surface area contributed by atoms with E-state index in [0.29, 0.717) is 36.5 Å². The Labute approximate surface area is 253 Å². The second kappa shape index (κ2) is 10.6. The number of carboxylic acid groups (broad SMARTS) is 2. The standard InChI is InChI=1S/C36H56O6/c1-22-14-19-36(31(40)41)21-20-34(6)24(30(36)23(22)2)12-13-26-33(5)17-16-27(42-29(39)11-9-8-10-28(37)38)32(3,4)25(33)15-18-35(26,34)7/h12,22-23,25-27,30H,8-11,13-21H2,1-7H3,(H,37,38)(H,40,41)/t22-,23+,25+,26-,27+,30+,33+,34-,35-,36+/m1/s1. The van der Waals surface area contributed by atoms with E-state index in [-0.39, 0.29) is 52.5 Å². The summed E-state index contributed by atoms with van der Waals surface area (Å²) in [5, 5.41) is 19.5. The molecule has 6 nitrogen and oxygen atoms in total. The molecule has 0 unspecified atom stereocenters. The predicted octanol–water partition coefficient (Wildman–Crippen LogP) is 8.29. The molecule has 0 aromatic heterocycles. The van der Waals surface area contributed by atoms with E-state index in [1.54, 1.807) is 0 Å². The third-order valence-electron chi connectivity index (χ3n) is 14.6. The number of hydrogen-bond acceptors (Lipinski definition) is 4. The second-order valence-corrected chi connectivity index (χ2v) is 16.5. The number of unbranched alkanes of at least 4 members (excludes halogenated alkanes) is 1. The molecule has 5 aliphatic carbocycles. The van der Waals surface area contributed by atoms with E-state index in [9.17, 15) is 19.5 Å². The van der Waals surface area contributed by atoms with Gasteiger partial charge in [0.15, 0.2) is 0 Å². The van der Waals surface area contributed by atoms with Crippen LogP contribution >= 0.6 is 0 Å². The molecule has 10 atom stereocenters. The molecule has 2 N–H and O–H groups in total. The fourth-order valence-electron chi connectivity index (χ4n) is 11.8. The van der Waals surface area contributed by atoms with Gasteiger partial charge < -0.3 is 14.9 Å². The van der Waals surface area contributed by atoms with Crippen LogP contribution < -0.4 is 0 Å². The van der Waals surface area contributed by atoms with Crippen LogP contribution in [-0.4, -0.2) is 34.2 Å². The van der Waals surface area contributed by atoms with Crippen molar-refractivity contribution in [2.45, 2.75) is 138 Å². The smallest absolute Gasteiger partial charge is 0.310 e. The molecule has 0 amide bonds. The maximum Gasteiger partial charge on any atom is 0.310 e. The quantitative estimate of drug-likeness (QED) is 0.177. The van der Waals surface area contributed by atoms with Crippen LogP contribution in [0.25, 0.3) is 0 Å². The largest absolute Gasteiger partial charge is 0.481 e. The summed E-state index contributed by atoms with van der Waals surface area (Å²) in [5.41, 5.74) is 0.951. The van der Waals surface area contributed by atoms with E-state index in [4.69, 9.17) is 9.84 Å². The van der Waals surface area contributed by atoms with Crippen molar-refractivity contribution < 1.29 is 29.3 Å². The summed E-state index contributed by atoms with van der Waals surface area (Å²) in [7, 11) is 0. The minimum absolute atomic E-state index is 0.00222. The first-order valence-corrected chi connectivity index (χ1v) is 16.9. The van der Waals surface area contributed by atoms with E-state index < -0.39 is 17.4 Å². The molecule has 0 radical (unpaired) electrons. The van der Waals surface area contributed by atoms with Crippen molar-refractivity contribution >= 4 is 17.9 Å². The average molecular weight is 585 g/mol. The highest BCUT2D eigenvalue weighted by Gasteiger charge is 2.69. The summed E-state index contributed by atoms with van der Waals surface area (Å²) in [6, 6.07) is 0. The number of aliphatic carboxylic acids is 2. The number of allylic oxidation sites excluding steroid dienone is 2. The van der Waals surface area contributed by atoms with Gasteiger partial charge in [-0.2, -0.15) is 0 Å². The van der Waals surface area contributed by atoms with Crippen molar-refractivity contribution in [2.75, 3.05) is 0 Å². The summed E-state index contributed by atoms with van der Waals surface area (Å²) in [4.78, 5) is 36.5. The van der Waals surface area contributed by atoms with Crippen LogP contribution in [0.3, 0.4) is 0 Å². The van der Waals surface area contributed by atoms with Gasteiger partial charge in [-0.15, -0.1) is 0 Å². The van der Waals surface area contributed by atoms with E-state index in [1.807, 2.05) is 0 Å². The molecule has 0 bridgehead atoms. The number of ether oxygens (including phenoxy) is 1. The molecule has 236 valence electrons. The summed E-state index contributed by atoms with van der Waals surface area (Å²) < 4.78 is 6.14. The molecule has 0 heterocycles. The second-order valence-electron chi connectivity index (χ2n) is 16.5. The van der Waals surface area contributed by atoms with Crippen molar-refractivity contribution in [1.82, 2.24) is 0 Å². The van der Waals surface area contributed by atoms with Gasteiger partial charge in [0.25, 0.3) is 0 Å². The average Bonchev–Trinajstić information content (AvgIpc) is 2.90. The summed E-state index contributed by atoms with van der Waals surface area (Å²) in [6.07, 6.45) is 12.6. The molecule has 5 aliphatic rings. The first-order valence-electron chi connectivity index (χ1n) is 16.9. The Bertz CT molecular complexity index is 1140. The minimum Gasteiger partial charge on any atom is -0.481 e. The highest BCUT2D eigenvalue weighted by atomic mass is 16.5. The minimum atomic E-state index is -0.823. The van der Waals surface area contributed by atoms with Crippen molar-refractivity contribution in [3.8, 4) is 0 Å². The number of esters is 1. The molecular formula is C36H56O6. The van der Waals surface area contributed by atoms with Crippen LogP contribution in [0.15, 0.2) is 11.6 Å². The van der Waals surface area contributed by atoms with Crippen molar-refractivity contribution in [3.63, 3.8) is 0 Å². The Kier molecular flexibility index (Phi) is 8.00. The summed E-state index contributed by atoms with van der Waals surface area (Å²) in [6.45, 7) is 16.8. The lowest BCUT2D eigenvalue weighted by Gasteiger charge is -2.71. The molecule has 0 aromatic rings. The number of hydrogen-bond donors (Lipinski definition) is 2. The van der Waals surface area contributed by atoms with Gasteiger partial charge in [0.2, 0.25) is 0 Å². The molecular weight excluding hydrogens is 528 g/mol. The molecule has 5 rings (SSSR count). The summed E-state index contributed by atoms with van der Waals surface area (Å²) in [5.74, 6) is 0.406. The molecule has 4 fully saturated rings. The fraction of sp³-hybridized carbons (Fsp3) is 0.861. The lowest BCUT2D eigenvalue weighted by atomic mass is 9.33. The molecule has 42 heavy (non-hydrogen) atoms. The predicted molar refractivity (Wildman–Crippen MR) is 163 cm³/mol. The lowest BCUT2D eigenvalue weighted by molar-refractivity contribution is -0.214. The third kappa shape index (κ3) is 4.50. The van der Waals surface area contributed by atoms with Crippen LogP contribution in [-0.2, 0) is 19.1 Å². The Hall–Kier alpha value is -1.85. The van der Waals surface area contributed by atoms with E-state index in [1.165, 1.54) is 5.57 Å². The normalized spacial score (nSPS) is 45.7. The Morgan fingerprint density at radius 3 is 2.21 bits per heavy atom. The van der Waals surface area contributed by atoms with Gasteiger partial charge in [0, 0.05) is 18.3 Å². The fourth-order valence-corrected chi connectivity index (χ4v) is 11.8. The van der Waals surface area contributed by atoms with Gasteiger partial charge in [-0.25, -0.2) is 0 Å². The molecule has 0 aliphatic heterocycles. The topological polar surface area (TPSA) is 101 Å². The number of carbonyl (C=O) groups is 3. The number of fused-ring (bicyclic) bond motifs is 7. The van der Waals surface area contributed by atoms with Crippen LogP contribution in [0.1, 0.15) is 132 Å². The van der Waals surface area contributed by atoms with E-state index in [0.717, 1.165) is 57.8 Å². The highest BCUT2D eigenvalue weighted by Crippen LogP contribution is 2.75. The zero-order valence-corrected chi connectivity index (χ0v) is 27.3. The van der Waals surface area contributed by atoms with Gasteiger partial charge >= 0.3 is 17.9 Å². The zero-order chi connectivity index (χ0) is 30.9. The van der Waals surface area contributed by atoms with Crippen molar-refractivity contribution in [1.29, 1.82) is 0 Å². The van der Waals surface area contributed by atoms with Gasteiger partial charge in [0.05, 0.1) is 5.41 Å². The molecule has 4 saturated carbocycles. The number of carbonyl (C=O) groups excluding carboxylic acids is 1. The molecule has 0 aromatic carbocycles. The van der Waals surface area contributed by atoms with E-state index >= 15 is 0 Å². The number of rotatable bonds is 7. The first-order chi connectivity index (χ1) is 19.5. The Balaban J connectivity index is 1.40. The maximum atomic E-state index is 12.9. The van der Waals surface area contributed by atoms with Crippen LogP contribution in [0.2, 0.25) is 0 Å². The molecule has 0 spiro atoms. The Morgan fingerprint density at radius 2 is 1.55 bits per heavy atom. The van der Waals surface area contributed by atoms with Gasteiger partial charge in [-0.1, -0.05) is 60.1 Å². The lowest BCUT2D eigenvalue weighted by Crippen LogP contribution is -2.65. The van der Waals surface area contributed by atoms with Crippen molar-refractivity contribution in [2.24, 2.45) is 56.7 Å². The highest BCUT2D eigenvalue weighted by molar-refractivity contribution is 5.76. The number of carboxylic acids is 2. The summed E-state index contributed by atoms with van der Waals surface area (Å²) >= 11 is 0. The van der Waals surface area contributed by atoms with E-state index in [2.05, 4.69) is 54.5 Å². The van der Waals surface area contributed by atoms with Crippen molar-refractivity contribution in [3.05, 3.63) is 11.6 Å². The van der Waals surface area contributed by atoms with Crippen LogP contribution in [0, 0.1) is 56.7 Å². The van der Waals surface area contributed by atoms with Gasteiger partial charge in [-0.05, 0) is 116 Å². The van der Waals surface area contributed by atoms with Crippen LogP contribution in [0.5, 0.6) is 0 Å². The van der Waals surface area contributed by atoms with Crippen LogP contribution in [0.4, 0.5) is 0 Å². The molecule has 0 saturated heterocycles. The Morgan fingerprint density at radius 1 is 0.857 bits per heavy atom. The zero-order valence-electron chi connectivity index (χ0n) is 27.3. The van der Waals surface area contributed by atoms with Gasteiger partial charge in [0.1, 0.15) is 6.10 Å². The molecule has 6 heteroatoms. The SMILES string of the molecule is C[C@H]1[C@H](C)CC[C@]2(C(=O)O)CC[C@]3(C)C(=CC[C@@H]4[C@@]5(C)CC[C@H](OC(=O)CCCCC(=O)O)C(C)(C)[C@@H]5CC[C@]43C)[C@H]12. The monoisotopic (exact) mass is 584 g/mol. The first kappa shape index (κ1) is 31.6. The van der Waals surface area contributed by atoms with Gasteiger partial charge in [-0.3, -0.25) is 14.4 Å². The maximum absolute atomic E-state index is 12.9.